The zero-order chi connectivity index (χ0) is 16.7. The first-order valence-electron chi connectivity index (χ1n) is 7.29. The summed E-state index contributed by atoms with van der Waals surface area (Å²) in [6, 6.07) is 3.67. The predicted octanol–water partition coefficient (Wildman–Crippen LogP) is 2.98. The highest BCUT2D eigenvalue weighted by Gasteiger charge is 2.13. The summed E-state index contributed by atoms with van der Waals surface area (Å²) in [7, 11) is 0. The molecule has 2 aromatic rings. The van der Waals surface area contributed by atoms with E-state index in [4.69, 9.17) is 16.7 Å². The zero-order valence-electron chi connectivity index (χ0n) is 12.7. The van der Waals surface area contributed by atoms with Crippen LogP contribution in [-0.4, -0.2) is 38.9 Å². The van der Waals surface area contributed by atoms with Crippen molar-refractivity contribution in [3.8, 4) is 0 Å². The Morgan fingerprint density at radius 1 is 1.48 bits per heavy atom. The van der Waals surface area contributed by atoms with Crippen LogP contribution in [0.25, 0.3) is 11.0 Å². The Kier molecular flexibility index (Phi) is 6.54. The van der Waals surface area contributed by atoms with Gasteiger partial charge in [0.05, 0.1) is 29.0 Å². The molecule has 23 heavy (non-hydrogen) atoms. The maximum Gasteiger partial charge on any atom is 0.303 e. The monoisotopic (exact) mass is 355 g/mol. The Hall–Kier alpha value is -1.93. The highest BCUT2D eigenvalue weighted by atomic mass is 35.5. The van der Waals surface area contributed by atoms with Gasteiger partial charge in [0.15, 0.2) is 5.96 Å². The van der Waals surface area contributed by atoms with E-state index in [1.807, 2.05) is 19.1 Å². The third kappa shape index (κ3) is 5.04. The van der Waals surface area contributed by atoms with Gasteiger partial charge in [0, 0.05) is 13.0 Å². The number of carbonyl (C=O) groups is 1. The molecule has 0 bridgehead atoms. The molecule has 0 aliphatic carbocycles. The highest BCUT2D eigenvalue weighted by molar-refractivity contribution is 7.00. The van der Waals surface area contributed by atoms with Crippen molar-refractivity contribution in [3.05, 3.63) is 17.2 Å². The van der Waals surface area contributed by atoms with Gasteiger partial charge in [-0.3, -0.25) is 9.79 Å². The van der Waals surface area contributed by atoms with E-state index in [1.165, 1.54) is 11.7 Å². The molecule has 7 nitrogen and oxygen atoms in total. The van der Waals surface area contributed by atoms with E-state index in [0.29, 0.717) is 11.4 Å². The standard InChI is InChI=1S/C9H8ClN5S.C5H10O2/c10-5-1-2-6-8(15-16-14-6)7(5)13-9-11-3-4-12-9;1-2-3-4-5(6)7/h1-2H,3-4H2,(H2,11,12,13);2-4H2,1H3,(H,6,7). The first kappa shape index (κ1) is 17.4. The molecule has 0 saturated heterocycles. The van der Waals surface area contributed by atoms with Crippen LogP contribution in [0.15, 0.2) is 17.1 Å². The van der Waals surface area contributed by atoms with Crippen LogP contribution in [0, 0.1) is 0 Å². The Morgan fingerprint density at radius 2 is 2.30 bits per heavy atom. The second-order valence-corrected chi connectivity index (χ2v) is 5.77. The second-order valence-electron chi connectivity index (χ2n) is 4.83. The van der Waals surface area contributed by atoms with E-state index in [9.17, 15) is 4.79 Å². The average molecular weight is 356 g/mol. The summed E-state index contributed by atoms with van der Waals surface area (Å²) in [5.41, 5.74) is 2.39. The molecule has 0 saturated carbocycles. The minimum atomic E-state index is -0.693. The van der Waals surface area contributed by atoms with E-state index in [1.54, 1.807) is 0 Å². The number of rotatable bonds is 4. The smallest absolute Gasteiger partial charge is 0.303 e. The maximum atomic E-state index is 9.76. The van der Waals surface area contributed by atoms with Crippen molar-refractivity contribution in [3.63, 3.8) is 0 Å². The fourth-order valence-electron chi connectivity index (χ4n) is 1.87. The van der Waals surface area contributed by atoms with Gasteiger partial charge in [0.2, 0.25) is 0 Å². The molecule has 3 rings (SSSR count). The van der Waals surface area contributed by atoms with Crippen molar-refractivity contribution in [1.82, 2.24) is 14.1 Å². The van der Waals surface area contributed by atoms with Gasteiger partial charge < -0.3 is 15.7 Å². The normalized spacial score (nSPS) is 13.0. The second kappa shape index (κ2) is 8.64. The van der Waals surface area contributed by atoms with Gasteiger partial charge in [-0.15, -0.1) is 0 Å². The van der Waals surface area contributed by atoms with Crippen molar-refractivity contribution >= 4 is 52.0 Å². The van der Waals surface area contributed by atoms with Gasteiger partial charge in [-0.25, -0.2) is 0 Å². The summed E-state index contributed by atoms with van der Waals surface area (Å²) in [6.45, 7) is 3.61. The molecule has 0 amide bonds. The summed E-state index contributed by atoms with van der Waals surface area (Å²) < 4.78 is 8.39. The number of aromatic nitrogens is 2. The number of guanidine groups is 1. The summed E-state index contributed by atoms with van der Waals surface area (Å²) >= 11 is 7.30. The molecule has 9 heteroatoms. The lowest BCUT2D eigenvalue weighted by Gasteiger charge is -2.08. The van der Waals surface area contributed by atoms with Crippen LogP contribution in [0.4, 0.5) is 5.69 Å². The van der Waals surface area contributed by atoms with Crippen LogP contribution in [0.2, 0.25) is 5.02 Å². The van der Waals surface area contributed by atoms with E-state index in [2.05, 4.69) is 24.4 Å². The molecule has 124 valence electrons. The minimum Gasteiger partial charge on any atom is -0.481 e. The van der Waals surface area contributed by atoms with Gasteiger partial charge in [-0.1, -0.05) is 24.9 Å². The van der Waals surface area contributed by atoms with Gasteiger partial charge in [0.25, 0.3) is 0 Å². The number of carboxylic acids is 1. The molecule has 0 radical (unpaired) electrons. The van der Waals surface area contributed by atoms with Crippen LogP contribution in [0.1, 0.15) is 26.2 Å². The summed E-state index contributed by atoms with van der Waals surface area (Å²) in [5, 5.41) is 14.9. The van der Waals surface area contributed by atoms with Crippen molar-refractivity contribution in [2.24, 2.45) is 4.99 Å². The topological polar surface area (TPSA) is 99.5 Å². The zero-order valence-corrected chi connectivity index (χ0v) is 14.2. The van der Waals surface area contributed by atoms with Gasteiger partial charge >= 0.3 is 5.97 Å². The lowest BCUT2D eigenvalue weighted by molar-refractivity contribution is -0.137. The molecule has 0 unspecified atom stereocenters. The first-order valence-corrected chi connectivity index (χ1v) is 8.40. The fourth-order valence-corrected chi connectivity index (χ4v) is 2.62. The van der Waals surface area contributed by atoms with Crippen LogP contribution in [0.5, 0.6) is 0 Å². The van der Waals surface area contributed by atoms with Crippen molar-refractivity contribution in [2.45, 2.75) is 26.2 Å². The number of hydrogen-bond acceptors (Lipinski definition) is 7. The molecule has 0 spiro atoms. The van der Waals surface area contributed by atoms with E-state index in [0.717, 1.165) is 48.6 Å². The molecular formula is C14H18ClN5O2S. The number of nitrogens with zero attached hydrogens (tertiary/aromatic N) is 3. The van der Waals surface area contributed by atoms with Crippen molar-refractivity contribution in [1.29, 1.82) is 0 Å². The number of aliphatic imine (C=N–C) groups is 1. The van der Waals surface area contributed by atoms with E-state index in [-0.39, 0.29) is 0 Å². The van der Waals surface area contributed by atoms with Gasteiger partial charge in [-0.05, 0) is 18.6 Å². The quantitative estimate of drug-likeness (QED) is 0.779. The lowest BCUT2D eigenvalue weighted by atomic mass is 10.2. The Labute approximate surface area is 143 Å². The van der Waals surface area contributed by atoms with Gasteiger partial charge in [0.1, 0.15) is 11.0 Å². The number of anilines is 1. The predicted molar refractivity (Wildman–Crippen MR) is 93.5 cm³/mol. The Bertz CT molecular complexity index is 704. The number of aliphatic carboxylic acids is 1. The van der Waals surface area contributed by atoms with Gasteiger partial charge in [-0.2, -0.15) is 8.75 Å². The molecule has 1 aliphatic rings. The average Bonchev–Trinajstić information content (AvgIpc) is 3.19. The van der Waals surface area contributed by atoms with Crippen LogP contribution in [-0.2, 0) is 4.79 Å². The molecule has 0 atom stereocenters. The minimum absolute atomic E-state index is 0.316. The summed E-state index contributed by atoms with van der Waals surface area (Å²) in [6.07, 6.45) is 2.08. The van der Waals surface area contributed by atoms with Crippen LogP contribution >= 0.6 is 23.3 Å². The van der Waals surface area contributed by atoms with Crippen molar-refractivity contribution in [2.75, 3.05) is 18.4 Å². The molecule has 1 aromatic carbocycles. The third-order valence-electron chi connectivity index (χ3n) is 3.04. The third-order valence-corrected chi connectivity index (χ3v) is 3.90. The molecular weight excluding hydrogens is 338 g/mol. The highest BCUT2D eigenvalue weighted by Crippen LogP contribution is 2.29. The summed E-state index contributed by atoms with van der Waals surface area (Å²) in [4.78, 5) is 14.0. The number of fused-ring (bicyclic) bond motifs is 1. The van der Waals surface area contributed by atoms with Crippen molar-refractivity contribution < 1.29 is 9.90 Å². The van der Waals surface area contributed by atoms with E-state index < -0.39 is 5.97 Å². The summed E-state index contributed by atoms with van der Waals surface area (Å²) in [5.74, 6) is 0.0456. The Morgan fingerprint density at radius 3 is 2.91 bits per heavy atom. The molecule has 0 fully saturated rings. The molecule has 1 aliphatic heterocycles. The largest absolute Gasteiger partial charge is 0.481 e. The fraction of sp³-hybridized carbons (Fsp3) is 0.429. The number of carboxylic acid groups (broad SMARTS) is 1. The number of unbranched alkanes of at least 4 members (excludes halogenated alkanes) is 1. The molecule has 3 N–H and O–H groups in total. The number of hydrogen-bond donors (Lipinski definition) is 3. The molecule has 2 heterocycles. The number of halogens is 1. The first-order chi connectivity index (χ1) is 11.1. The van der Waals surface area contributed by atoms with Crippen LogP contribution < -0.4 is 10.6 Å². The number of benzene rings is 1. The SMILES string of the molecule is CCCCC(=O)O.Clc1ccc2nsnc2c1NC1=NCCN1. The van der Waals surface area contributed by atoms with Crippen LogP contribution in [0.3, 0.4) is 0 Å². The van der Waals surface area contributed by atoms with E-state index >= 15 is 0 Å². The number of nitrogens with one attached hydrogen (secondary N) is 2. The Balaban J connectivity index is 0.000000236. The molecule has 1 aromatic heterocycles. The lowest BCUT2D eigenvalue weighted by Crippen LogP contribution is -2.26. The maximum absolute atomic E-state index is 9.76.